The van der Waals surface area contributed by atoms with Crippen LogP contribution >= 0.6 is 11.6 Å². The van der Waals surface area contributed by atoms with Crippen molar-refractivity contribution in [1.82, 2.24) is 20.4 Å². The highest BCUT2D eigenvalue weighted by molar-refractivity contribution is 6.29. The second-order valence-corrected chi connectivity index (χ2v) is 10.0. The number of benzene rings is 1. The first-order chi connectivity index (χ1) is 18.8. The summed E-state index contributed by atoms with van der Waals surface area (Å²) in [6.07, 6.45) is 2.81. The summed E-state index contributed by atoms with van der Waals surface area (Å²) in [6.45, 7) is 8.32. The Morgan fingerprint density at radius 1 is 1.10 bits per heavy atom. The molecule has 0 spiro atoms. The smallest absolute Gasteiger partial charge is 0.334 e. The predicted octanol–water partition coefficient (Wildman–Crippen LogP) is 4.05. The van der Waals surface area contributed by atoms with E-state index in [1.54, 1.807) is 44.2 Å². The van der Waals surface area contributed by atoms with Crippen molar-refractivity contribution in [3.8, 4) is 5.75 Å². The molecule has 0 amide bonds. The van der Waals surface area contributed by atoms with Gasteiger partial charge in [-0.15, -0.1) is 10.2 Å². The van der Waals surface area contributed by atoms with Gasteiger partial charge >= 0.3 is 5.97 Å². The van der Waals surface area contributed by atoms with Gasteiger partial charge in [0.15, 0.2) is 11.0 Å². The molecular weight excluding hydrogens is 524 g/mol. The van der Waals surface area contributed by atoms with E-state index in [-0.39, 0.29) is 11.3 Å². The van der Waals surface area contributed by atoms with Crippen molar-refractivity contribution in [2.75, 3.05) is 44.2 Å². The predicted molar refractivity (Wildman–Crippen MR) is 147 cm³/mol. The summed E-state index contributed by atoms with van der Waals surface area (Å²) in [6, 6.07) is 10.6. The number of aliphatic carboxylic acids is 1. The molecule has 4 rings (SSSR count). The fourth-order valence-corrected chi connectivity index (χ4v) is 5.24. The minimum absolute atomic E-state index is 0.0495. The van der Waals surface area contributed by atoms with E-state index in [9.17, 15) is 20.0 Å². The molecule has 1 aromatic heterocycles. The van der Waals surface area contributed by atoms with Crippen molar-refractivity contribution in [1.29, 1.82) is 0 Å². The number of para-hydroxylation sites is 1. The number of rotatable bonds is 11. The van der Waals surface area contributed by atoms with Gasteiger partial charge in [-0.05, 0) is 57.9 Å². The number of hydrogen-bond acceptors (Lipinski definition) is 9. The van der Waals surface area contributed by atoms with Gasteiger partial charge in [-0.3, -0.25) is 15.0 Å². The van der Waals surface area contributed by atoms with Crippen LogP contribution in [0.5, 0.6) is 5.75 Å². The molecule has 2 aliphatic rings. The molecule has 0 aliphatic carbocycles. The van der Waals surface area contributed by atoms with Crippen molar-refractivity contribution >= 4 is 23.4 Å². The quantitative estimate of drug-likeness (QED) is 0.237. The number of piperazine rings is 1. The molecule has 0 bridgehead atoms. The lowest BCUT2D eigenvalue weighted by Gasteiger charge is -2.35. The molecule has 11 nitrogen and oxygen atoms in total. The molecule has 0 saturated carbocycles. The number of carboxylic acid groups (broad SMARTS) is 1. The zero-order chi connectivity index (χ0) is 27.9. The molecule has 1 fully saturated rings. The number of anilines is 1. The molecule has 0 radical (unpaired) electrons. The Morgan fingerprint density at radius 2 is 1.85 bits per heavy atom. The van der Waals surface area contributed by atoms with Gasteiger partial charge in [0, 0.05) is 37.4 Å². The summed E-state index contributed by atoms with van der Waals surface area (Å²) in [5.41, 5.74) is 0.949. The number of nitrogens with zero attached hydrogens (tertiary/aromatic N) is 5. The third kappa shape index (κ3) is 6.85. The van der Waals surface area contributed by atoms with Crippen molar-refractivity contribution in [2.24, 2.45) is 0 Å². The van der Waals surface area contributed by atoms with Crippen LogP contribution in [0.3, 0.4) is 0 Å². The minimum atomic E-state index is -1.20. The van der Waals surface area contributed by atoms with Crippen LogP contribution in [0.15, 0.2) is 59.1 Å². The number of ether oxygens (including phenoxy) is 1. The lowest BCUT2D eigenvalue weighted by atomic mass is 9.83. The SMILES string of the molecule is CC1=C(C(=O)O)C(c2ccccc2OCCCCCN2CCN(c3ccc(Cl)nn3)CC2)C([N+](=O)[O-])=C(C)N1. The zero-order valence-electron chi connectivity index (χ0n) is 22.1. The summed E-state index contributed by atoms with van der Waals surface area (Å²) >= 11 is 5.83. The Bertz CT molecular complexity index is 1220. The number of dihydropyridines is 1. The van der Waals surface area contributed by atoms with E-state index < -0.39 is 16.8 Å². The maximum Gasteiger partial charge on any atom is 0.334 e. The zero-order valence-corrected chi connectivity index (χ0v) is 22.9. The van der Waals surface area contributed by atoms with Gasteiger partial charge in [0.2, 0.25) is 0 Å². The van der Waals surface area contributed by atoms with Crippen LogP contribution in [-0.2, 0) is 4.79 Å². The van der Waals surface area contributed by atoms with E-state index in [4.69, 9.17) is 16.3 Å². The summed E-state index contributed by atoms with van der Waals surface area (Å²) in [5.74, 6) is -0.927. The first-order valence-corrected chi connectivity index (χ1v) is 13.4. The van der Waals surface area contributed by atoms with E-state index in [0.29, 0.717) is 34.5 Å². The molecule has 39 heavy (non-hydrogen) atoms. The molecule has 1 unspecified atom stereocenters. The highest BCUT2D eigenvalue weighted by Crippen LogP contribution is 2.42. The maximum absolute atomic E-state index is 12.1. The summed E-state index contributed by atoms with van der Waals surface area (Å²) in [4.78, 5) is 28.2. The average molecular weight is 557 g/mol. The number of nitro groups is 1. The van der Waals surface area contributed by atoms with Crippen LogP contribution in [0.1, 0.15) is 44.6 Å². The number of carbonyl (C=O) groups is 1. The molecular formula is C27H33ClN6O5. The molecule has 2 N–H and O–H groups in total. The van der Waals surface area contributed by atoms with Gasteiger partial charge in [0.05, 0.1) is 22.8 Å². The van der Waals surface area contributed by atoms with E-state index in [0.717, 1.165) is 57.8 Å². The fourth-order valence-electron chi connectivity index (χ4n) is 5.14. The Morgan fingerprint density at radius 3 is 2.51 bits per heavy atom. The highest BCUT2D eigenvalue weighted by Gasteiger charge is 2.41. The summed E-state index contributed by atoms with van der Waals surface area (Å²) in [5, 5.41) is 33.1. The van der Waals surface area contributed by atoms with E-state index in [2.05, 4.69) is 25.3 Å². The molecule has 3 heterocycles. The van der Waals surface area contributed by atoms with Crippen molar-refractivity contribution in [2.45, 2.75) is 39.0 Å². The van der Waals surface area contributed by atoms with Gasteiger partial charge in [0.25, 0.3) is 5.70 Å². The van der Waals surface area contributed by atoms with Gasteiger partial charge < -0.3 is 20.1 Å². The van der Waals surface area contributed by atoms with Crippen LogP contribution in [0.2, 0.25) is 5.15 Å². The summed E-state index contributed by atoms with van der Waals surface area (Å²) in [7, 11) is 0. The Labute approximate surface area is 232 Å². The number of allylic oxidation sites excluding steroid dienone is 3. The van der Waals surface area contributed by atoms with Gasteiger partial charge in [-0.2, -0.15) is 0 Å². The molecule has 208 valence electrons. The topological polar surface area (TPSA) is 134 Å². The molecule has 1 saturated heterocycles. The summed E-state index contributed by atoms with van der Waals surface area (Å²) < 4.78 is 6.06. The highest BCUT2D eigenvalue weighted by atomic mass is 35.5. The van der Waals surface area contributed by atoms with Crippen LogP contribution in [0, 0.1) is 10.1 Å². The molecule has 1 atom stereocenters. The Kier molecular flexibility index (Phi) is 9.36. The number of hydrogen-bond donors (Lipinski definition) is 2. The largest absolute Gasteiger partial charge is 0.493 e. The lowest BCUT2D eigenvalue weighted by molar-refractivity contribution is -0.431. The van der Waals surface area contributed by atoms with Gasteiger partial charge in [-0.1, -0.05) is 29.8 Å². The Hall–Kier alpha value is -3.70. The average Bonchev–Trinajstić information content (AvgIpc) is 2.91. The van der Waals surface area contributed by atoms with Crippen molar-refractivity contribution in [3.05, 3.63) is 79.9 Å². The first kappa shape index (κ1) is 28.3. The third-order valence-corrected chi connectivity index (χ3v) is 7.27. The molecule has 2 aliphatic heterocycles. The number of aromatic nitrogens is 2. The standard InChI is InChI=1S/C27H33ClN6O5/c1-18-24(27(35)36)25(26(34(37)38)19(2)29-18)20-8-4-5-9-21(20)39-17-7-3-6-12-32-13-15-33(16-14-32)23-11-10-22(28)30-31-23/h4-5,8-11,25,29H,3,6-7,12-17H2,1-2H3,(H,35,36). The maximum atomic E-state index is 12.1. The van der Waals surface area contributed by atoms with Gasteiger partial charge in [-0.25, -0.2) is 4.79 Å². The number of unbranched alkanes of at least 4 members (excludes halogenated alkanes) is 2. The molecule has 2 aromatic rings. The molecule has 12 heteroatoms. The second-order valence-electron chi connectivity index (χ2n) is 9.66. The van der Waals surface area contributed by atoms with Crippen LogP contribution in [-0.4, -0.2) is 70.4 Å². The van der Waals surface area contributed by atoms with E-state index >= 15 is 0 Å². The normalized spacial score (nSPS) is 18.2. The fraction of sp³-hybridized carbons (Fsp3) is 0.444. The van der Waals surface area contributed by atoms with Crippen molar-refractivity contribution < 1.29 is 19.6 Å². The van der Waals surface area contributed by atoms with Crippen molar-refractivity contribution in [3.63, 3.8) is 0 Å². The first-order valence-electron chi connectivity index (χ1n) is 13.0. The Balaban J connectivity index is 1.28. The van der Waals surface area contributed by atoms with Crippen LogP contribution in [0.25, 0.3) is 0 Å². The van der Waals surface area contributed by atoms with E-state index in [1.807, 2.05) is 6.07 Å². The number of halogens is 1. The minimum Gasteiger partial charge on any atom is -0.493 e. The monoisotopic (exact) mass is 556 g/mol. The number of carboxylic acids is 1. The van der Waals surface area contributed by atoms with Gasteiger partial charge in [0.1, 0.15) is 11.7 Å². The van der Waals surface area contributed by atoms with E-state index in [1.165, 1.54) is 0 Å². The third-order valence-electron chi connectivity index (χ3n) is 7.07. The van der Waals surface area contributed by atoms with Crippen LogP contribution < -0.4 is 15.0 Å². The lowest BCUT2D eigenvalue weighted by Crippen LogP contribution is -2.47. The number of nitrogens with one attached hydrogen (secondary N) is 1. The second kappa shape index (κ2) is 12.9. The molecule has 1 aromatic carbocycles. The van der Waals surface area contributed by atoms with Crippen LogP contribution in [0.4, 0.5) is 5.82 Å².